The van der Waals surface area contributed by atoms with Crippen LogP contribution in [0.1, 0.15) is 57.8 Å². The second-order valence-electron chi connectivity index (χ2n) is 5.58. The van der Waals surface area contributed by atoms with E-state index < -0.39 is 0 Å². The molecule has 3 fully saturated rings. The first kappa shape index (κ1) is 8.32. The fourth-order valence-electron chi connectivity index (χ4n) is 4.53. The Morgan fingerprint density at radius 2 is 0.692 bits per heavy atom. The highest BCUT2D eigenvalue weighted by molar-refractivity contribution is 4.99. The Bertz CT molecular complexity index is 164. The van der Waals surface area contributed by atoms with Crippen molar-refractivity contribution in [1.29, 1.82) is 0 Å². The summed E-state index contributed by atoms with van der Waals surface area (Å²) < 4.78 is 0. The first-order valence-corrected chi connectivity index (χ1v) is 6.47. The van der Waals surface area contributed by atoms with Gasteiger partial charge in [-0.1, -0.05) is 32.1 Å². The highest BCUT2D eigenvalue weighted by atomic mass is 14.5. The number of hydrogen-bond donors (Lipinski definition) is 0. The number of rotatable bonds is 0. The van der Waals surface area contributed by atoms with Gasteiger partial charge in [0.15, 0.2) is 0 Å². The zero-order valence-electron chi connectivity index (χ0n) is 8.67. The molecule has 0 nitrogen and oxygen atoms in total. The maximum absolute atomic E-state index is 1.59. The van der Waals surface area contributed by atoms with Crippen LogP contribution in [0.4, 0.5) is 0 Å². The average molecular weight is 178 g/mol. The SMILES string of the molecule is C1CC[C@@H]2[C@H](CC1)[C@H]1CCCC[C@@H]21. The molecule has 0 aliphatic heterocycles. The molecule has 3 aliphatic carbocycles. The van der Waals surface area contributed by atoms with Crippen molar-refractivity contribution < 1.29 is 0 Å². The summed E-state index contributed by atoms with van der Waals surface area (Å²) >= 11 is 0. The minimum Gasteiger partial charge on any atom is -0.0533 e. The highest BCUT2D eigenvalue weighted by Crippen LogP contribution is 2.58. The van der Waals surface area contributed by atoms with Crippen LogP contribution in [0, 0.1) is 23.7 Å². The van der Waals surface area contributed by atoms with E-state index >= 15 is 0 Å². The topological polar surface area (TPSA) is 0 Å². The Morgan fingerprint density at radius 1 is 0.385 bits per heavy atom. The molecule has 74 valence electrons. The van der Waals surface area contributed by atoms with Crippen molar-refractivity contribution in [1.82, 2.24) is 0 Å². The van der Waals surface area contributed by atoms with E-state index in [9.17, 15) is 0 Å². The van der Waals surface area contributed by atoms with Crippen molar-refractivity contribution in [3.63, 3.8) is 0 Å². The van der Waals surface area contributed by atoms with E-state index in [4.69, 9.17) is 0 Å². The fraction of sp³-hybridized carbons (Fsp3) is 1.00. The summed E-state index contributed by atoms with van der Waals surface area (Å²) in [6, 6.07) is 0. The van der Waals surface area contributed by atoms with Gasteiger partial charge in [0.05, 0.1) is 0 Å². The van der Waals surface area contributed by atoms with E-state index in [1.54, 1.807) is 51.4 Å². The molecule has 0 unspecified atom stereocenters. The number of fused-ring (bicyclic) bond motifs is 4. The van der Waals surface area contributed by atoms with Gasteiger partial charge in [-0.3, -0.25) is 0 Å². The number of hydrogen-bond acceptors (Lipinski definition) is 0. The van der Waals surface area contributed by atoms with Crippen LogP contribution in [0.2, 0.25) is 0 Å². The smallest absolute Gasteiger partial charge is 0.0352 e. The van der Waals surface area contributed by atoms with Gasteiger partial charge >= 0.3 is 0 Å². The molecule has 0 N–H and O–H groups in total. The molecule has 3 saturated carbocycles. The molecule has 0 aromatic heterocycles. The fourth-order valence-corrected chi connectivity index (χ4v) is 4.53. The first-order chi connectivity index (χ1) is 6.47. The van der Waals surface area contributed by atoms with Crippen molar-refractivity contribution in [2.75, 3.05) is 0 Å². The molecule has 0 aromatic carbocycles. The lowest BCUT2D eigenvalue weighted by Gasteiger charge is -2.55. The van der Waals surface area contributed by atoms with Crippen molar-refractivity contribution in [2.45, 2.75) is 57.8 Å². The Balaban J connectivity index is 1.72. The first-order valence-electron chi connectivity index (χ1n) is 6.47. The van der Waals surface area contributed by atoms with Crippen LogP contribution in [0.5, 0.6) is 0 Å². The molecule has 0 radical (unpaired) electrons. The molecule has 0 heteroatoms. The van der Waals surface area contributed by atoms with Gasteiger partial charge in [0.25, 0.3) is 0 Å². The standard InChI is InChI=1S/C13H22/c1-2-6-10-11(7-3-1)13-9-5-4-8-12(10)13/h10-13H,1-9H2/t10-,11+,12+,13-. The lowest BCUT2D eigenvalue weighted by atomic mass is 9.50. The zero-order chi connectivity index (χ0) is 8.67. The van der Waals surface area contributed by atoms with Crippen LogP contribution in [-0.2, 0) is 0 Å². The van der Waals surface area contributed by atoms with Gasteiger partial charge in [0.2, 0.25) is 0 Å². The Morgan fingerprint density at radius 3 is 1.08 bits per heavy atom. The molecule has 0 aromatic rings. The lowest BCUT2D eigenvalue weighted by molar-refractivity contribution is -0.0566. The summed E-state index contributed by atoms with van der Waals surface area (Å²) in [5, 5.41) is 0. The van der Waals surface area contributed by atoms with Crippen LogP contribution in [-0.4, -0.2) is 0 Å². The molecule has 0 bridgehead atoms. The van der Waals surface area contributed by atoms with Gasteiger partial charge < -0.3 is 0 Å². The van der Waals surface area contributed by atoms with E-state index in [2.05, 4.69) is 0 Å². The van der Waals surface area contributed by atoms with Crippen LogP contribution in [0.15, 0.2) is 0 Å². The zero-order valence-corrected chi connectivity index (χ0v) is 8.67. The largest absolute Gasteiger partial charge is 0.0533 e. The summed E-state index contributed by atoms with van der Waals surface area (Å²) in [4.78, 5) is 0. The van der Waals surface area contributed by atoms with Crippen molar-refractivity contribution >= 4 is 0 Å². The minimum atomic E-state index is 1.19. The summed E-state index contributed by atoms with van der Waals surface area (Å²) in [7, 11) is 0. The predicted octanol–water partition coefficient (Wildman–Crippen LogP) is 4.00. The molecular weight excluding hydrogens is 156 g/mol. The molecule has 0 amide bonds. The second kappa shape index (κ2) is 3.29. The van der Waals surface area contributed by atoms with E-state index in [-0.39, 0.29) is 0 Å². The Labute approximate surface area is 82.1 Å². The maximum Gasteiger partial charge on any atom is -0.0352 e. The van der Waals surface area contributed by atoms with Gasteiger partial charge in [-0.05, 0) is 49.4 Å². The van der Waals surface area contributed by atoms with Crippen molar-refractivity contribution in [2.24, 2.45) is 23.7 Å². The summed E-state index contributed by atoms with van der Waals surface area (Å²) in [5.41, 5.74) is 0. The average Bonchev–Trinajstić information content (AvgIpc) is 2.37. The van der Waals surface area contributed by atoms with E-state index in [1.807, 2.05) is 0 Å². The van der Waals surface area contributed by atoms with Gasteiger partial charge in [-0.2, -0.15) is 0 Å². The third-order valence-electron chi connectivity index (χ3n) is 5.10. The minimum absolute atomic E-state index is 1.19. The van der Waals surface area contributed by atoms with E-state index in [0.29, 0.717) is 0 Å². The van der Waals surface area contributed by atoms with Crippen molar-refractivity contribution in [3.05, 3.63) is 0 Å². The van der Waals surface area contributed by atoms with Crippen LogP contribution < -0.4 is 0 Å². The van der Waals surface area contributed by atoms with Gasteiger partial charge in [-0.25, -0.2) is 0 Å². The highest BCUT2D eigenvalue weighted by Gasteiger charge is 2.49. The molecule has 0 saturated heterocycles. The van der Waals surface area contributed by atoms with E-state index in [1.165, 1.54) is 30.1 Å². The van der Waals surface area contributed by atoms with Gasteiger partial charge in [0.1, 0.15) is 0 Å². The summed E-state index contributed by atoms with van der Waals surface area (Å²) in [6.45, 7) is 0. The predicted molar refractivity (Wildman–Crippen MR) is 55.5 cm³/mol. The molecule has 0 spiro atoms. The van der Waals surface area contributed by atoms with E-state index in [0.717, 1.165) is 0 Å². The lowest BCUT2D eigenvalue weighted by Crippen LogP contribution is -2.47. The Hall–Kier alpha value is 0. The summed E-state index contributed by atoms with van der Waals surface area (Å²) in [5.74, 6) is 4.76. The maximum atomic E-state index is 1.59. The monoisotopic (exact) mass is 178 g/mol. The normalized spacial score (nSPS) is 49.8. The third kappa shape index (κ3) is 1.25. The quantitative estimate of drug-likeness (QED) is 0.526. The molecule has 3 aliphatic rings. The molecular formula is C13H22. The summed E-state index contributed by atoms with van der Waals surface area (Å²) in [6.07, 6.45) is 14.1. The Kier molecular flexibility index (Phi) is 2.11. The molecule has 0 heterocycles. The third-order valence-corrected chi connectivity index (χ3v) is 5.10. The van der Waals surface area contributed by atoms with Crippen LogP contribution >= 0.6 is 0 Å². The van der Waals surface area contributed by atoms with Gasteiger partial charge in [0, 0.05) is 0 Å². The van der Waals surface area contributed by atoms with Crippen LogP contribution in [0.3, 0.4) is 0 Å². The van der Waals surface area contributed by atoms with Crippen molar-refractivity contribution in [3.8, 4) is 0 Å². The molecule has 4 atom stereocenters. The molecule has 13 heavy (non-hydrogen) atoms. The molecule has 3 rings (SSSR count). The van der Waals surface area contributed by atoms with Crippen LogP contribution in [0.25, 0.3) is 0 Å². The second-order valence-corrected chi connectivity index (χ2v) is 5.58. The van der Waals surface area contributed by atoms with Gasteiger partial charge in [-0.15, -0.1) is 0 Å².